The number of carboxylic acids is 1. The largest absolute Gasteiger partial charge is 0.477 e. The molecule has 0 fully saturated rings. The van der Waals surface area contributed by atoms with Crippen molar-refractivity contribution in [1.29, 1.82) is 0 Å². The van der Waals surface area contributed by atoms with Crippen LogP contribution in [-0.2, 0) is 0 Å². The number of rotatable bonds is 2. The summed E-state index contributed by atoms with van der Waals surface area (Å²) in [5.41, 5.74) is -1.41. The fraction of sp³-hybridized carbons (Fsp3) is 0. The van der Waals surface area contributed by atoms with Gasteiger partial charge in [0.05, 0.1) is 5.69 Å². The fourth-order valence-corrected chi connectivity index (χ4v) is 1.43. The highest BCUT2D eigenvalue weighted by atomic mass is 19.2. The van der Waals surface area contributed by atoms with Gasteiger partial charge in [-0.25, -0.2) is 13.6 Å². The predicted molar refractivity (Wildman–Crippen MR) is 53.7 cm³/mol. The monoisotopic (exact) mass is 240 g/mol. The topological polar surface area (TPSA) is 85.9 Å². The molecule has 3 N–H and O–H groups in total. The summed E-state index contributed by atoms with van der Waals surface area (Å²) in [6.45, 7) is 0. The van der Waals surface area contributed by atoms with E-state index in [0.29, 0.717) is 0 Å². The molecule has 0 radical (unpaired) electrons. The number of hydrogen-bond donors (Lipinski definition) is 3. The van der Waals surface area contributed by atoms with Gasteiger partial charge in [0, 0.05) is 5.56 Å². The summed E-state index contributed by atoms with van der Waals surface area (Å²) in [6.07, 6.45) is 0. The van der Waals surface area contributed by atoms with Gasteiger partial charge in [0.15, 0.2) is 17.2 Å². The Kier molecular flexibility index (Phi) is 2.51. The zero-order valence-electron chi connectivity index (χ0n) is 8.25. The minimum atomic E-state index is -1.45. The van der Waals surface area contributed by atoms with Crippen LogP contribution in [0.4, 0.5) is 8.78 Å². The van der Waals surface area contributed by atoms with E-state index in [1.807, 2.05) is 0 Å². The third-order valence-corrected chi connectivity index (χ3v) is 2.20. The summed E-state index contributed by atoms with van der Waals surface area (Å²) < 4.78 is 25.7. The van der Waals surface area contributed by atoms with E-state index >= 15 is 0 Å². The molecule has 0 saturated carbocycles. The number of aromatic carboxylic acids is 1. The number of aromatic nitrogens is 2. The smallest absolute Gasteiger partial charge is 0.343 e. The molecule has 1 aromatic heterocycles. The summed E-state index contributed by atoms with van der Waals surface area (Å²) in [5.74, 6) is -3.63. The van der Waals surface area contributed by atoms with Gasteiger partial charge < -0.3 is 5.11 Å². The molecule has 7 heteroatoms. The Balaban J connectivity index is 2.65. The van der Waals surface area contributed by atoms with Crippen LogP contribution >= 0.6 is 0 Å². The Bertz CT molecular complexity index is 645. The Labute approximate surface area is 92.7 Å². The molecule has 88 valence electrons. The first-order chi connectivity index (χ1) is 8.00. The van der Waals surface area contributed by atoms with Crippen molar-refractivity contribution in [2.24, 2.45) is 0 Å². The molecule has 0 saturated heterocycles. The van der Waals surface area contributed by atoms with Gasteiger partial charge in [0.1, 0.15) is 0 Å². The van der Waals surface area contributed by atoms with Crippen molar-refractivity contribution in [1.82, 2.24) is 10.2 Å². The number of carbonyl (C=O) groups is 1. The van der Waals surface area contributed by atoms with Crippen LogP contribution in [-0.4, -0.2) is 21.3 Å². The predicted octanol–water partition coefficient (Wildman–Crippen LogP) is 1.35. The molecule has 17 heavy (non-hydrogen) atoms. The van der Waals surface area contributed by atoms with Crippen LogP contribution < -0.4 is 5.56 Å². The molecule has 0 spiro atoms. The third-order valence-electron chi connectivity index (χ3n) is 2.20. The first kappa shape index (κ1) is 11.1. The Hall–Kier alpha value is -2.44. The number of hydrogen-bond acceptors (Lipinski definition) is 2. The first-order valence-electron chi connectivity index (χ1n) is 4.50. The van der Waals surface area contributed by atoms with E-state index in [9.17, 15) is 18.4 Å². The zero-order valence-corrected chi connectivity index (χ0v) is 8.25. The molecular formula is C10H6F2N2O3. The molecule has 0 amide bonds. The van der Waals surface area contributed by atoms with E-state index in [-0.39, 0.29) is 11.3 Å². The lowest BCUT2D eigenvalue weighted by Crippen LogP contribution is -2.12. The van der Waals surface area contributed by atoms with E-state index < -0.39 is 28.7 Å². The van der Waals surface area contributed by atoms with E-state index in [4.69, 9.17) is 5.11 Å². The molecule has 0 unspecified atom stereocenters. The highest BCUT2D eigenvalue weighted by molar-refractivity contribution is 5.94. The Morgan fingerprint density at radius 2 is 1.88 bits per heavy atom. The van der Waals surface area contributed by atoms with E-state index in [0.717, 1.165) is 12.1 Å². The molecule has 0 aliphatic heterocycles. The molecule has 0 aliphatic carbocycles. The normalized spacial score (nSPS) is 10.5. The van der Waals surface area contributed by atoms with Gasteiger partial charge in [-0.1, -0.05) is 0 Å². The van der Waals surface area contributed by atoms with E-state index in [1.165, 1.54) is 6.07 Å². The van der Waals surface area contributed by atoms with Gasteiger partial charge in [0.2, 0.25) is 0 Å². The average Bonchev–Trinajstić information content (AvgIpc) is 2.64. The van der Waals surface area contributed by atoms with Gasteiger partial charge in [0.25, 0.3) is 5.56 Å². The number of halogens is 2. The molecule has 2 rings (SSSR count). The number of H-pyrrole nitrogens is 2. The van der Waals surface area contributed by atoms with Crippen molar-refractivity contribution >= 4 is 5.97 Å². The van der Waals surface area contributed by atoms with Crippen molar-refractivity contribution in [3.8, 4) is 11.3 Å². The van der Waals surface area contributed by atoms with Crippen LogP contribution in [0.3, 0.4) is 0 Å². The third kappa shape index (κ3) is 1.82. The molecular weight excluding hydrogens is 234 g/mol. The molecule has 0 bridgehead atoms. The van der Waals surface area contributed by atoms with Crippen LogP contribution in [0.1, 0.15) is 10.4 Å². The minimum absolute atomic E-state index is 0.0691. The van der Waals surface area contributed by atoms with Crippen LogP contribution in [0.15, 0.2) is 23.0 Å². The maximum atomic E-state index is 13.0. The van der Waals surface area contributed by atoms with Crippen molar-refractivity contribution in [2.45, 2.75) is 0 Å². The maximum absolute atomic E-state index is 13.0. The molecule has 1 aromatic carbocycles. The average molecular weight is 240 g/mol. The second-order valence-electron chi connectivity index (χ2n) is 3.26. The summed E-state index contributed by atoms with van der Waals surface area (Å²) >= 11 is 0. The number of benzene rings is 1. The maximum Gasteiger partial charge on any atom is 0.343 e. The number of carboxylic acid groups (broad SMARTS) is 1. The van der Waals surface area contributed by atoms with E-state index in [1.54, 1.807) is 0 Å². The van der Waals surface area contributed by atoms with Gasteiger partial charge >= 0.3 is 5.97 Å². The van der Waals surface area contributed by atoms with Gasteiger partial charge in [-0.3, -0.25) is 15.0 Å². The number of nitrogens with one attached hydrogen (secondary N) is 2. The van der Waals surface area contributed by atoms with Gasteiger partial charge in [-0.05, 0) is 18.2 Å². The Morgan fingerprint density at radius 3 is 2.47 bits per heavy atom. The second kappa shape index (κ2) is 3.85. The number of aromatic amines is 2. The van der Waals surface area contributed by atoms with Gasteiger partial charge in [-0.2, -0.15) is 0 Å². The van der Waals surface area contributed by atoms with Crippen LogP contribution in [0, 0.1) is 11.6 Å². The standard InChI is InChI=1S/C10H6F2N2O3/c11-5-2-1-4(3-6(5)12)8-7(10(16)17)9(15)14-13-8/h1-3H,(H,16,17)(H2,13,14,15). The molecule has 1 heterocycles. The van der Waals surface area contributed by atoms with Crippen LogP contribution in [0.5, 0.6) is 0 Å². The van der Waals surface area contributed by atoms with Crippen LogP contribution in [0.2, 0.25) is 0 Å². The Morgan fingerprint density at radius 1 is 1.18 bits per heavy atom. The lowest BCUT2D eigenvalue weighted by molar-refractivity contribution is 0.0696. The van der Waals surface area contributed by atoms with Crippen molar-refractivity contribution < 1.29 is 18.7 Å². The minimum Gasteiger partial charge on any atom is -0.477 e. The molecule has 0 aliphatic rings. The SMILES string of the molecule is O=C(O)c1c(-c2ccc(F)c(F)c2)[nH][nH]c1=O. The summed E-state index contributed by atoms with van der Waals surface area (Å²) in [5, 5.41) is 13.2. The highest BCUT2D eigenvalue weighted by Gasteiger charge is 2.19. The lowest BCUT2D eigenvalue weighted by atomic mass is 10.1. The van der Waals surface area contributed by atoms with Gasteiger partial charge in [-0.15, -0.1) is 0 Å². The summed E-state index contributed by atoms with van der Waals surface area (Å²) in [6, 6.07) is 2.83. The molecule has 5 nitrogen and oxygen atoms in total. The van der Waals surface area contributed by atoms with Crippen molar-refractivity contribution in [2.75, 3.05) is 0 Å². The fourth-order valence-electron chi connectivity index (χ4n) is 1.43. The zero-order chi connectivity index (χ0) is 12.6. The van der Waals surface area contributed by atoms with Crippen molar-refractivity contribution in [3.05, 3.63) is 45.8 Å². The van der Waals surface area contributed by atoms with Crippen LogP contribution in [0.25, 0.3) is 11.3 Å². The quantitative estimate of drug-likeness (QED) is 0.740. The molecule has 2 aromatic rings. The summed E-state index contributed by atoms with van der Waals surface area (Å²) in [7, 11) is 0. The second-order valence-corrected chi connectivity index (χ2v) is 3.26. The highest BCUT2D eigenvalue weighted by Crippen LogP contribution is 2.21. The summed E-state index contributed by atoms with van der Waals surface area (Å²) in [4.78, 5) is 22.0. The van der Waals surface area contributed by atoms with E-state index in [2.05, 4.69) is 10.2 Å². The van der Waals surface area contributed by atoms with Crippen molar-refractivity contribution in [3.63, 3.8) is 0 Å². The lowest BCUT2D eigenvalue weighted by Gasteiger charge is -2.00. The first-order valence-corrected chi connectivity index (χ1v) is 4.50. The molecule has 0 atom stereocenters.